The number of carbonyl (C=O) groups excluding carboxylic acids is 2. The van der Waals surface area contributed by atoms with E-state index in [0.29, 0.717) is 5.56 Å². The minimum atomic E-state index is -4.67. The quantitative estimate of drug-likeness (QED) is 0.231. The van der Waals surface area contributed by atoms with Crippen LogP contribution in [-0.2, 0) is 4.79 Å². The summed E-state index contributed by atoms with van der Waals surface area (Å²) in [6.07, 6.45) is -8.19. The standard InChI is InChI=1S/C25H20BCl3F6N2O2/c26-18-9-13(2-4-17(25(33,34)35)14-10-19(27)22(29)20(28)11-14)1-3-16(18)23(39)36-15-5-7-37(8-6-15)21(38)12-24(30,31)32/h1-4,9-11,15,17H,5-8,12H2,(H,36,39)/b4-2+. The molecule has 0 aliphatic carbocycles. The summed E-state index contributed by atoms with van der Waals surface area (Å²) in [4.78, 5) is 25.5. The number of nitrogens with zero attached hydrogens (tertiary/aromatic N) is 1. The Bertz CT molecular complexity index is 1240. The molecule has 0 spiro atoms. The van der Waals surface area contributed by atoms with E-state index < -0.39 is 42.5 Å². The third-order valence-corrected chi connectivity index (χ3v) is 7.25. The molecule has 1 aliphatic rings. The van der Waals surface area contributed by atoms with E-state index in [0.717, 1.165) is 23.1 Å². The van der Waals surface area contributed by atoms with E-state index in [9.17, 15) is 35.9 Å². The van der Waals surface area contributed by atoms with Crippen LogP contribution in [0, 0.1) is 0 Å². The lowest BCUT2D eigenvalue weighted by atomic mass is 9.87. The van der Waals surface area contributed by atoms with Crippen LogP contribution in [0.2, 0.25) is 15.1 Å². The molecule has 1 aliphatic heterocycles. The van der Waals surface area contributed by atoms with Crippen LogP contribution in [0.25, 0.3) is 6.08 Å². The first-order valence-corrected chi connectivity index (χ1v) is 12.6. The maximum absolute atomic E-state index is 13.8. The molecule has 1 fully saturated rings. The molecule has 0 bridgehead atoms. The SMILES string of the molecule is [B]c1cc(/C=C/C(c2cc(Cl)c(Cl)c(Cl)c2)C(F)(F)F)ccc1C(=O)NC1CCN(C(=O)CC(F)(F)F)CC1. The highest BCUT2D eigenvalue weighted by Gasteiger charge is 2.39. The van der Waals surface area contributed by atoms with Crippen LogP contribution in [0.15, 0.2) is 36.4 Å². The number of benzene rings is 2. The summed E-state index contributed by atoms with van der Waals surface area (Å²) in [6.45, 7) is 0.118. The van der Waals surface area contributed by atoms with Crippen molar-refractivity contribution in [3.8, 4) is 0 Å². The molecule has 1 heterocycles. The molecule has 208 valence electrons. The molecule has 2 aromatic carbocycles. The van der Waals surface area contributed by atoms with Crippen molar-refractivity contribution >= 4 is 66.0 Å². The van der Waals surface area contributed by atoms with E-state index in [2.05, 4.69) is 5.32 Å². The minimum Gasteiger partial charge on any atom is -0.349 e. The Balaban J connectivity index is 1.66. The van der Waals surface area contributed by atoms with Crippen LogP contribution in [-0.4, -0.2) is 56.0 Å². The van der Waals surface area contributed by atoms with E-state index in [1.54, 1.807) is 0 Å². The number of piperidine rings is 1. The lowest BCUT2D eigenvalue weighted by Gasteiger charge is -2.32. The first-order chi connectivity index (χ1) is 18.0. The second-order valence-corrected chi connectivity index (χ2v) is 10.1. The summed E-state index contributed by atoms with van der Waals surface area (Å²) < 4.78 is 78.6. The molecule has 14 heteroatoms. The molecular weight excluding hydrogens is 591 g/mol. The number of halogens is 9. The van der Waals surface area contributed by atoms with Gasteiger partial charge in [0.1, 0.15) is 14.3 Å². The molecule has 3 rings (SSSR count). The largest absolute Gasteiger partial charge is 0.399 e. The Morgan fingerprint density at radius 1 is 1.03 bits per heavy atom. The average Bonchev–Trinajstić information content (AvgIpc) is 2.81. The van der Waals surface area contributed by atoms with Gasteiger partial charge in [-0.15, -0.1) is 0 Å². The normalized spacial score (nSPS) is 16.0. The molecule has 0 aromatic heterocycles. The smallest absolute Gasteiger partial charge is 0.349 e. The number of likely N-dealkylation sites (tertiary alicyclic amines) is 1. The van der Waals surface area contributed by atoms with Crippen molar-refractivity contribution in [2.45, 2.75) is 43.6 Å². The van der Waals surface area contributed by atoms with Gasteiger partial charge < -0.3 is 10.2 Å². The van der Waals surface area contributed by atoms with Gasteiger partial charge in [-0.3, -0.25) is 9.59 Å². The van der Waals surface area contributed by atoms with Gasteiger partial charge >= 0.3 is 12.4 Å². The van der Waals surface area contributed by atoms with Crippen molar-refractivity contribution in [3.05, 3.63) is 68.2 Å². The Morgan fingerprint density at radius 3 is 2.13 bits per heavy atom. The Kier molecular flexibility index (Phi) is 9.94. The summed E-state index contributed by atoms with van der Waals surface area (Å²) in [5.74, 6) is -3.63. The van der Waals surface area contributed by atoms with Crippen molar-refractivity contribution < 1.29 is 35.9 Å². The van der Waals surface area contributed by atoms with Crippen LogP contribution >= 0.6 is 34.8 Å². The number of rotatable bonds is 6. The number of allylic oxidation sites excluding steroid dienone is 1. The molecule has 2 aromatic rings. The second-order valence-electron chi connectivity index (χ2n) is 8.94. The molecule has 4 nitrogen and oxygen atoms in total. The second kappa shape index (κ2) is 12.4. The molecule has 39 heavy (non-hydrogen) atoms. The molecule has 2 amide bonds. The lowest BCUT2D eigenvalue weighted by molar-refractivity contribution is -0.162. The van der Waals surface area contributed by atoms with Gasteiger partial charge in [0.15, 0.2) is 0 Å². The van der Waals surface area contributed by atoms with Crippen molar-refractivity contribution in [1.82, 2.24) is 10.2 Å². The maximum atomic E-state index is 13.8. The topological polar surface area (TPSA) is 49.4 Å². The Labute approximate surface area is 236 Å². The third-order valence-electron chi connectivity index (χ3n) is 6.05. The van der Waals surface area contributed by atoms with Gasteiger partial charge in [-0.2, -0.15) is 26.3 Å². The Hall–Kier alpha value is -2.37. The summed E-state index contributed by atoms with van der Waals surface area (Å²) in [5, 5.41) is 2.42. The van der Waals surface area contributed by atoms with Gasteiger partial charge in [-0.05, 0) is 42.2 Å². The van der Waals surface area contributed by atoms with E-state index in [-0.39, 0.29) is 57.6 Å². The molecule has 0 saturated carbocycles. The fourth-order valence-corrected chi connectivity index (χ4v) is 4.70. The van der Waals surface area contributed by atoms with Gasteiger partial charge in [-0.1, -0.05) is 64.6 Å². The molecular formula is C25H20BCl3F6N2O2. The summed E-state index contributed by atoms with van der Waals surface area (Å²) in [7, 11) is 5.98. The highest BCUT2D eigenvalue weighted by molar-refractivity contribution is 6.48. The monoisotopic (exact) mass is 610 g/mol. The molecule has 1 atom stereocenters. The predicted molar refractivity (Wildman–Crippen MR) is 139 cm³/mol. The van der Waals surface area contributed by atoms with E-state index in [1.807, 2.05) is 0 Å². The minimum absolute atomic E-state index is 0.00795. The maximum Gasteiger partial charge on any atom is 0.399 e. The fourth-order valence-electron chi connectivity index (χ4n) is 4.08. The van der Waals surface area contributed by atoms with E-state index >= 15 is 0 Å². The number of hydrogen-bond acceptors (Lipinski definition) is 2. The first-order valence-electron chi connectivity index (χ1n) is 11.5. The number of nitrogens with one attached hydrogen (secondary N) is 1. The van der Waals surface area contributed by atoms with E-state index in [4.69, 9.17) is 42.6 Å². The van der Waals surface area contributed by atoms with Crippen molar-refractivity contribution in [3.63, 3.8) is 0 Å². The highest BCUT2D eigenvalue weighted by Crippen LogP contribution is 2.41. The van der Waals surface area contributed by atoms with Crippen LogP contribution in [0.1, 0.15) is 46.7 Å². The van der Waals surface area contributed by atoms with Crippen LogP contribution < -0.4 is 10.8 Å². The van der Waals surface area contributed by atoms with Crippen molar-refractivity contribution in [2.24, 2.45) is 0 Å². The lowest BCUT2D eigenvalue weighted by Crippen LogP contribution is -2.47. The number of carbonyl (C=O) groups is 2. The van der Waals surface area contributed by atoms with Gasteiger partial charge in [-0.25, -0.2) is 0 Å². The molecule has 1 N–H and O–H groups in total. The molecule has 2 radical (unpaired) electrons. The summed E-state index contributed by atoms with van der Waals surface area (Å²) in [6, 6.07) is 5.87. The molecule has 1 saturated heterocycles. The van der Waals surface area contributed by atoms with Crippen molar-refractivity contribution in [1.29, 1.82) is 0 Å². The number of hydrogen-bond donors (Lipinski definition) is 1. The predicted octanol–water partition coefficient (Wildman–Crippen LogP) is 6.47. The summed E-state index contributed by atoms with van der Waals surface area (Å²) in [5.41, 5.74) is 0.161. The zero-order valence-corrected chi connectivity index (χ0v) is 22.2. The third kappa shape index (κ3) is 8.56. The van der Waals surface area contributed by atoms with Gasteiger partial charge in [0.25, 0.3) is 5.91 Å². The fraction of sp³-hybridized carbons (Fsp3) is 0.360. The summed E-state index contributed by atoms with van der Waals surface area (Å²) >= 11 is 17.6. The van der Waals surface area contributed by atoms with Crippen LogP contribution in [0.5, 0.6) is 0 Å². The zero-order chi connectivity index (χ0) is 29.1. The molecule has 1 unspecified atom stereocenters. The van der Waals surface area contributed by atoms with Gasteiger partial charge in [0.2, 0.25) is 5.91 Å². The number of amides is 2. The highest BCUT2D eigenvalue weighted by atomic mass is 35.5. The Morgan fingerprint density at radius 2 is 1.62 bits per heavy atom. The van der Waals surface area contributed by atoms with Crippen LogP contribution in [0.3, 0.4) is 0 Å². The average molecular weight is 612 g/mol. The van der Waals surface area contributed by atoms with Crippen LogP contribution in [0.4, 0.5) is 26.3 Å². The zero-order valence-electron chi connectivity index (χ0n) is 20.0. The van der Waals surface area contributed by atoms with Gasteiger partial charge in [0.05, 0.1) is 21.0 Å². The van der Waals surface area contributed by atoms with E-state index in [1.165, 1.54) is 24.3 Å². The van der Waals surface area contributed by atoms with Gasteiger partial charge in [0, 0.05) is 24.7 Å². The van der Waals surface area contributed by atoms with Crippen molar-refractivity contribution in [2.75, 3.05) is 13.1 Å². The number of alkyl halides is 6. The first kappa shape index (κ1) is 31.2.